The van der Waals surface area contributed by atoms with E-state index in [1.54, 1.807) is 36.7 Å². The SMILES string of the molecule is CP(C)(=O)Cn1cnc(-c2cnc3nnn(Cc4ccc5ncccc5c4)c3n2)c1. The largest absolute Gasteiger partial charge is 0.329 e. The van der Waals surface area contributed by atoms with Gasteiger partial charge in [-0.2, -0.15) is 0 Å². The molecule has 0 radical (unpaired) electrons. The number of fused-ring (bicyclic) bond motifs is 2. The van der Waals surface area contributed by atoms with Crippen LogP contribution in [0.25, 0.3) is 33.6 Å². The average molecular weight is 418 g/mol. The van der Waals surface area contributed by atoms with Gasteiger partial charge in [0.15, 0.2) is 5.65 Å². The van der Waals surface area contributed by atoms with E-state index in [2.05, 4.69) is 31.3 Å². The summed E-state index contributed by atoms with van der Waals surface area (Å²) in [7, 11) is -2.20. The number of aromatic nitrogens is 8. The number of hydrogen-bond acceptors (Lipinski definition) is 7. The first kappa shape index (κ1) is 18.6. The van der Waals surface area contributed by atoms with Crippen LogP contribution < -0.4 is 0 Å². The second-order valence-corrected chi connectivity index (χ2v) is 11.1. The van der Waals surface area contributed by atoms with Crippen molar-refractivity contribution >= 4 is 29.3 Å². The zero-order valence-electron chi connectivity index (χ0n) is 16.5. The number of imidazole rings is 1. The lowest BCUT2D eigenvalue weighted by Crippen LogP contribution is -2.03. The summed E-state index contributed by atoms with van der Waals surface area (Å²) in [6.45, 7) is 4.03. The van der Waals surface area contributed by atoms with Gasteiger partial charge in [0, 0.05) is 17.8 Å². The van der Waals surface area contributed by atoms with E-state index in [1.807, 2.05) is 35.0 Å². The molecule has 0 saturated heterocycles. The van der Waals surface area contributed by atoms with Gasteiger partial charge in [-0.05, 0) is 37.1 Å². The minimum Gasteiger partial charge on any atom is -0.329 e. The summed E-state index contributed by atoms with van der Waals surface area (Å²) in [4.78, 5) is 17.8. The van der Waals surface area contributed by atoms with Gasteiger partial charge in [0.25, 0.3) is 0 Å². The lowest BCUT2D eigenvalue weighted by Gasteiger charge is -2.06. The van der Waals surface area contributed by atoms with E-state index in [9.17, 15) is 4.57 Å². The third-order valence-corrected chi connectivity index (χ3v) is 5.63. The first-order valence-electron chi connectivity index (χ1n) is 9.41. The maximum Gasteiger partial charge on any atom is 0.221 e. The second kappa shape index (κ2) is 7.11. The van der Waals surface area contributed by atoms with Gasteiger partial charge in [-0.15, -0.1) is 5.10 Å². The van der Waals surface area contributed by atoms with E-state index in [1.165, 1.54) is 0 Å². The Balaban J connectivity index is 1.47. The summed E-state index contributed by atoms with van der Waals surface area (Å²) < 4.78 is 15.6. The zero-order valence-corrected chi connectivity index (χ0v) is 17.4. The van der Waals surface area contributed by atoms with Gasteiger partial charge in [0.05, 0.1) is 30.9 Å². The summed E-state index contributed by atoms with van der Waals surface area (Å²) in [6.07, 6.45) is 7.35. The predicted octanol–water partition coefficient (Wildman–Crippen LogP) is 3.26. The van der Waals surface area contributed by atoms with Crippen molar-refractivity contribution in [2.24, 2.45) is 0 Å². The van der Waals surface area contributed by atoms with Crippen LogP contribution >= 0.6 is 7.14 Å². The highest BCUT2D eigenvalue weighted by atomic mass is 31.2. The molecule has 5 rings (SSSR count). The molecule has 0 atom stereocenters. The van der Waals surface area contributed by atoms with Crippen LogP contribution in [-0.2, 0) is 17.4 Å². The maximum atomic E-state index is 12.1. The zero-order chi connectivity index (χ0) is 20.7. The molecule has 0 spiro atoms. The Bertz CT molecular complexity index is 1420. The third-order valence-electron chi connectivity index (χ3n) is 4.63. The number of rotatable bonds is 5. The Morgan fingerprint density at radius 3 is 2.83 bits per heavy atom. The molecule has 1 aromatic carbocycles. The quantitative estimate of drug-likeness (QED) is 0.404. The lowest BCUT2D eigenvalue weighted by molar-refractivity contribution is 0.574. The van der Waals surface area contributed by atoms with Crippen LogP contribution in [0, 0.1) is 0 Å². The second-order valence-electron chi connectivity index (χ2n) is 7.67. The molecule has 4 aromatic heterocycles. The van der Waals surface area contributed by atoms with Crippen LogP contribution in [-0.4, -0.2) is 52.8 Å². The van der Waals surface area contributed by atoms with E-state index < -0.39 is 7.14 Å². The average Bonchev–Trinajstić information content (AvgIpc) is 3.33. The minimum atomic E-state index is -2.20. The molecule has 0 aliphatic rings. The Kier molecular flexibility index (Phi) is 4.40. The van der Waals surface area contributed by atoms with Crippen molar-refractivity contribution in [1.29, 1.82) is 0 Å². The van der Waals surface area contributed by atoms with E-state index in [4.69, 9.17) is 4.98 Å². The van der Waals surface area contributed by atoms with Gasteiger partial charge in [-0.3, -0.25) is 4.98 Å². The molecule has 0 N–H and O–H groups in total. The molecule has 30 heavy (non-hydrogen) atoms. The fourth-order valence-corrected chi connectivity index (χ4v) is 4.29. The summed E-state index contributed by atoms with van der Waals surface area (Å²) in [6, 6.07) is 10.1. The molecule has 4 heterocycles. The van der Waals surface area contributed by atoms with Gasteiger partial charge in [0.1, 0.15) is 18.5 Å². The standard InChI is InChI=1S/C20H19N8OP/c1-30(2,29)13-27-11-18(23-12-27)17-9-22-19-20(24-17)28(26-25-19)10-14-5-6-16-15(8-14)4-3-7-21-16/h3-9,11-12H,10,13H2,1-2H3. The van der Waals surface area contributed by atoms with Gasteiger partial charge in [0.2, 0.25) is 5.65 Å². The smallest absolute Gasteiger partial charge is 0.221 e. The number of pyridine rings is 1. The van der Waals surface area contributed by atoms with Gasteiger partial charge >= 0.3 is 0 Å². The molecular formula is C20H19N8OP. The van der Waals surface area contributed by atoms with Crippen LogP contribution in [0.2, 0.25) is 0 Å². The van der Waals surface area contributed by atoms with Crippen molar-refractivity contribution in [3.63, 3.8) is 0 Å². The lowest BCUT2D eigenvalue weighted by atomic mass is 10.1. The van der Waals surface area contributed by atoms with Gasteiger partial charge in [-0.25, -0.2) is 19.6 Å². The van der Waals surface area contributed by atoms with Gasteiger partial charge < -0.3 is 9.13 Å². The summed E-state index contributed by atoms with van der Waals surface area (Å²) >= 11 is 0. The molecule has 0 fully saturated rings. The molecule has 0 aliphatic carbocycles. The fraction of sp³-hybridized carbons (Fsp3) is 0.200. The normalized spacial score (nSPS) is 12.1. The van der Waals surface area contributed by atoms with E-state index >= 15 is 0 Å². The van der Waals surface area contributed by atoms with Crippen molar-refractivity contribution < 1.29 is 4.57 Å². The first-order valence-corrected chi connectivity index (χ1v) is 12.2. The molecule has 0 saturated carbocycles. The first-order chi connectivity index (χ1) is 14.4. The van der Waals surface area contributed by atoms with Crippen LogP contribution in [0.3, 0.4) is 0 Å². The molecule has 9 nitrogen and oxygen atoms in total. The summed E-state index contributed by atoms with van der Waals surface area (Å²) in [5.74, 6) is 0. The van der Waals surface area contributed by atoms with E-state index in [0.717, 1.165) is 16.5 Å². The predicted molar refractivity (Wildman–Crippen MR) is 115 cm³/mol. The molecule has 10 heteroatoms. The number of benzene rings is 1. The molecule has 150 valence electrons. The molecule has 0 amide bonds. The minimum absolute atomic E-state index is 0.436. The van der Waals surface area contributed by atoms with Crippen molar-refractivity contribution in [2.75, 3.05) is 13.3 Å². The Labute approximate surface area is 172 Å². The summed E-state index contributed by atoms with van der Waals surface area (Å²) in [5, 5.41) is 9.42. The highest BCUT2D eigenvalue weighted by Crippen LogP contribution is 2.38. The van der Waals surface area contributed by atoms with E-state index in [0.29, 0.717) is 35.5 Å². The van der Waals surface area contributed by atoms with Crippen LogP contribution in [0.5, 0.6) is 0 Å². The van der Waals surface area contributed by atoms with Crippen molar-refractivity contribution in [3.05, 3.63) is 60.8 Å². The van der Waals surface area contributed by atoms with Crippen LogP contribution in [0.1, 0.15) is 5.56 Å². The van der Waals surface area contributed by atoms with Crippen LogP contribution in [0.4, 0.5) is 0 Å². The van der Waals surface area contributed by atoms with Crippen molar-refractivity contribution in [2.45, 2.75) is 12.8 Å². The molecule has 0 bridgehead atoms. The Hall–Kier alpha value is -3.45. The van der Waals surface area contributed by atoms with Crippen molar-refractivity contribution in [1.82, 2.24) is 39.5 Å². The van der Waals surface area contributed by atoms with Crippen LogP contribution in [0.15, 0.2) is 55.2 Å². The third kappa shape index (κ3) is 3.71. The van der Waals surface area contributed by atoms with E-state index in [-0.39, 0.29) is 0 Å². The molecule has 0 unspecified atom stereocenters. The Morgan fingerprint density at radius 2 is 1.97 bits per heavy atom. The topological polar surface area (TPSA) is 104 Å². The fourth-order valence-electron chi connectivity index (χ4n) is 3.34. The molecule has 5 aromatic rings. The maximum absolute atomic E-state index is 12.1. The monoisotopic (exact) mass is 418 g/mol. The highest BCUT2D eigenvalue weighted by molar-refractivity contribution is 7.61. The summed E-state index contributed by atoms with van der Waals surface area (Å²) in [5.41, 5.74) is 4.38. The number of nitrogens with zero attached hydrogens (tertiary/aromatic N) is 8. The highest BCUT2D eigenvalue weighted by Gasteiger charge is 2.14. The Morgan fingerprint density at radius 1 is 1.07 bits per heavy atom. The van der Waals surface area contributed by atoms with Crippen molar-refractivity contribution in [3.8, 4) is 11.4 Å². The molecular weight excluding hydrogens is 399 g/mol. The molecule has 0 aliphatic heterocycles. The van der Waals surface area contributed by atoms with Gasteiger partial charge in [-0.1, -0.05) is 17.3 Å². The number of hydrogen-bond donors (Lipinski definition) is 0.